The molecule has 0 aromatic heterocycles. The van der Waals surface area contributed by atoms with Crippen LogP contribution in [0, 0.1) is 0 Å². The van der Waals surface area contributed by atoms with E-state index in [1.165, 1.54) is 0 Å². The van der Waals surface area contributed by atoms with Crippen molar-refractivity contribution in [2.24, 2.45) is 0 Å². The maximum atomic E-state index is 10.6. The van der Waals surface area contributed by atoms with Crippen molar-refractivity contribution >= 4 is 5.97 Å². The molecular formula is C14H19NO4. The second-order valence-electron chi connectivity index (χ2n) is 4.51. The quantitative estimate of drug-likeness (QED) is 0.813. The predicted molar refractivity (Wildman–Crippen MR) is 69.6 cm³/mol. The first-order valence-corrected chi connectivity index (χ1v) is 6.48. The van der Waals surface area contributed by atoms with Gasteiger partial charge in [-0.1, -0.05) is 30.3 Å². The van der Waals surface area contributed by atoms with Crippen molar-refractivity contribution in [3.05, 3.63) is 35.9 Å². The highest BCUT2D eigenvalue weighted by atomic mass is 16.6. The molecule has 5 nitrogen and oxygen atoms in total. The minimum Gasteiger partial charge on any atom is -0.481 e. The van der Waals surface area contributed by atoms with Crippen LogP contribution in [0.3, 0.4) is 0 Å². The second kappa shape index (κ2) is 7.23. The molecule has 104 valence electrons. The fraction of sp³-hybridized carbons (Fsp3) is 0.500. The molecule has 2 atom stereocenters. The van der Waals surface area contributed by atoms with Crippen molar-refractivity contribution in [1.82, 2.24) is 5.32 Å². The molecule has 5 heteroatoms. The maximum Gasteiger partial charge on any atom is 0.303 e. The highest BCUT2D eigenvalue weighted by molar-refractivity contribution is 5.66. The highest BCUT2D eigenvalue weighted by Crippen LogP contribution is 2.14. The van der Waals surface area contributed by atoms with E-state index in [0.717, 1.165) is 12.1 Å². The first-order chi connectivity index (χ1) is 9.25. The summed E-state index contributed by atoms with van der Waals surface area (Å²) < 4.78 is 11.4. The van der Waals surface area contributed by atoms with Crippen LogP contribution in [-0.4, -0.2) is 36.6 Å². The molecule has 1 heterocycles. The van der Waals surface area contributed by atoms with E-state index in [1.807, 2.05) is 30.3 Å². The van der Waals surface area contributed by atoms with Crippen molar-refractivity contribution in [2.75, 3.05) is 13.2 Å². The van der Waals surface area contributed by atoms with Gasteiger partial charge in [0.2, 0.25) is 0 Å². The summed E-state index contributed by atoms with van der Waals surface area (Å²) >= 11 is 0. The number of carboxylic acids is 1. The fourth-order valence-corrected chi connectivity index (χ4v) is 2.06. The van der Waals surface area contributed by atoms with Gasteiger partial charge in [0.1, 0.15) is 6.23 Å². The second-order valence-corrected chi connectivity index (χ2v) is 4.51. The molecule has 1 unspecified atom stereocenters. The van der Waals surface area contributed by atoms with Crippen molar-refractivity contribution in [2.45, 2.75) is 31.8 Å². The standard InChI is InChI=1S/C14H19NO4/c16-13(17)7-6-12-14(15-8-9-18-12)19-10-11-4-2-1-3-5-11/h1-5,12,14-15H,6-10H2,(H,16,17)/t12?,14-/m0/s1. The summed E-state index contributed by atoms with van der Waals surface area (Å²) in [5.41, 5.74) is 1.09. The number of nitrogens with one attached hydrogen (secondary N) is 1. The first-order valence-electron chi connectivity index (χ1n) is 6.48. The van der Waals surface area contributed by atoms with Crippen LogP contribution in [0.25, 0.3) is 0 Å². The minimum atomic E-state index is -0.809. The number of carbonyl (C=O) groups is 1. The molecule has 0 saturated carbocycles. The Labute approximate surface area is 112 Å². The Bertz CT molecular complexity index is 396. The van der Waals surface area contributed by atoms with Crippen molar-refractivity contribution in [1.29, 1.82) is 0 Å². The van der Waals surface area contributed by atoms with Gasteiger partial charge in [0.15, 0.2) is 0 Å². The van der Waals surface area contributed by atoms with Gasteiger partial charge in [0.25, 0.3) is 0 Å². The Kier molecular flexibility index (Phi) is 5.32. The molecular weight excluding hydrogens is 246 g/mol. The molecule has 1 aliphatic heterocycles. The minimum absolute atomic E-state index is 0.0948. The Morgan fingerprint density at radius 2 is 2.21 bits per heavy atom. The Morgan fingerprint density at radius 3 is 2.95 bits per heavy atom. The summed E-state index contributed by atoms with van der Waals surface area (Å²) in [5.74, 6) is -0.809. The lowest BCUT2D eigenvalue weighted by Gasteiger charge is -2.32. The molecule has 19 heavy (non-hydrogen) atoms. The van der Waals surface area contributed by atoms with Gasteiger partial charge in [0.05, 0.1) is 19.3 Å². The summed E-state index contributed by atoms with van der Waals surface area (Å²) in [5, 5.41) is 11.9. The molecule has 0 amide bonds. The van der Waals surface area contributed by atoms with Gasteiger partial charge >= 0.3 is 5.97 Å². The summed E-state index contributed by atoms with van der Waals surface area (Å²) in [4.78, 5) is 10.6. The fourth-order valence-electron chi connectivity index (χ4n) is 2.06. The van der Waals surface area contributed by atoms with Crippen LogP contribution in [0.1, 0.15) is 18.4 Å². The lowest BCUT2D eigenvalue weighted by molar-refractivity contribution is -0.143. The van der Waals surface area contributed by atoms with Crippen molar-refractivity contribution in [3.63, 3.8) is 0 Å². The normalized spacial score (nSPS) is 23.2. The largest absolute Gasteiger partial charge is 0.481 e. The predicted octanol–water partition coefficient (Wildman–Crippen LogP) is 1.38. The molecule has 1 fully saturated rings. The smallest absolute Gasteiger partial charge is 0.303 e. The van der Waals surface area contributed by atoms with Gasteiger partial charge in [0, 0.05) is 13.0 Å². The molecule has 1 aromatic rings. The maximum absolute atomic E-state index is 10.6. The van der Waals surface area contributed by atoms with Gasteiger partial charge < -0.3 is 14.6 Å². The van der Waals surface area contributed by atoms with E-state index in [0.29, 0.717) is 19.6 Å². The molecule has 0 spiro atoms. The van der Waals surface area contributed by atoms with E-state index < -0.39 is 5.97 Å². The molecule has 1 saturated heterocycles. The number of hydrogen-bond acceptors (Lipinski definition) is 4. The van der Waals surface area contributed by atoms with E-state index in [1.54, 1.807) is 0 Å². The van der Waals surface area contributed by atoms with Gasteiger partial charge in [-0.25, -0.2) is 0 Å². The number of benzene rings is 1. The Hall–Kier alpha value is -1.43. The van der Waals surface area contributed by atoms with Crippen LogP contribution in [0.2, 0.25) is 0 Å². The van der Waals surface area contributed by atoms with Crippen molar-refractivity contribution < 1.29 is 19.4 Å². The Balaban J connectivity index is 1.83. The summed E-state index contributed by atoms with van der Waals surface area (Å²) in [6, 6.07) is 9.88. The van der Waals surface area contributed by atoms with Gasteiger partial charge in [-0.3, -0.25) is 10.1 Å². The summed E-state index contributed by atoms with van der Waals surface area (Å²) in [7, 11) is 0. The average molecular weight is 265 g/mol. The van der Waals surface area contributed by atoms with Crippen LogP contribution in [0.15, 0.2) is 30.3 Å². The molecule has 0 bridgehead atoms. The van der Waals surface area contributed by atoms with Crippen LogP contribution >= 0.6 is 0 Å². The summed E-state index contributed by atoms with van der Waals surface area (Å²) in [6.45, 7) is 1.81. The van der Waals surface area contributed by atoms with Crippen LogP contribution in [0.4, 0.5) is 0 Å². The third-order valence-electron chi connectivity index (χ3n) is 3.03. The molecule has 0 aliphatic carbocycles. The highest BCUT2D eigenvalue weighted by Gasteiger charge is 2.26. The van der Waals surface area contributed by atoms with E-state index in [2.05, 4.69) is 5.32 Å². The molecule has 1 aromatic carbocycles. The van der Waals surface area contributed by atoms with Crippen LogP contribution in [0.5, 0.6) is 0 Å². The molecule has 2 rings (SSSR count). The van der Waals surface area contributed by atoms with E-state index in [4.69, 9.17) is 14.6 Å². The monoisotopic (exact) mass is 265 g/mol. The zero-order chi connectivity index (χ0) is 13.5. The number of morpholine rings is 1. The molecule has 0 radical (unpaired) electrons. The lowest BCUT2D eigenvalue weighted by Crippen LogP contribution is -2.49. The number of rotatable bonds is 6. The number of carboxylic acid groups (broad SMARTS) is 1. The number of hydrogen-bond donors (Lipinski definition) is 2. The SMILES string of the molecule is O=C(O)CCC1OCCN[C@H]1OCc1ccccc1. The van der Waals surface area contributed by atoms with E-state index in [9.17, 15) is 4.79 Å². The van der Waals surface area contributed by atoms with Crippen LogP contribution in [-0.2, 0) is 20.9 Å². The zero-order valence-electron chi connectivity index (χ0n) is 10.7. The Morgan fingerprint density at radius 1 is 1.42 bits per heavy atom. The van der Waals surface area contributed by atoms with E-state index >= 15 is 0 Å². The lowest BCUT2D eigenvalue weighted by atomic mass is 10.1. The number of aliphatic carboxylic acids is 1. The summed E-state index contributed by atoms with van der Waals surface area (Å²) in [6.07, 6.45) is 0.112. The topological polar surface area (TPSA) is 67.8 Å². The zero-order valence-corrected chi connectivity index (χ0v) is 10.7. The molecule has 1 aliphatic rings. The molecule has 2 N–H and O–H groups in total. The third kappa shape index (κ3) is 4.63. The third-order valence-corrected chi connectivity index (χ3v) is 3.03. The first kappa shape index (κ1) is 14.0. The van der Waals surface area contributed by atoms with Gasteiger partial charge in [-0.05, 0) is 12.0 Å². The van der Waals surface area contributed by atoms with Crippen LogP contribution < -0.4 is 5.32 Å². The number of ether oxygens (including phenoxy) is 2. The van der Waals surface area contributed by atoms with Gasteiger partial charge in [-0.15, -0.1) is 0 Å². The van der Waals surface area contributed by atoms with E-state index in [-0.39, 0.29) is 18.8 Å². The van der Waals surface area contributed by atoms with Gasteiger partial charge in [-0.2, -0.15) is 0 Å². The van der Waals surface area contributed by atoms with Crippen molar-refractivity contribution in [3.8, 4) is 0 Å². The average Bonchev–Trinajstić information content (AvgIpc) is 2.45.